The second-order valence-corrected chi connectivity index (χ2v) is 5.40. The highest BCUT2D eigenvalue weighted by molar-refractivity contribution is 8.00. The summed E-state index contributed by atoms with van der Waals surface area (Å²) in [4.78, 5) is 0. The highest BCUT2D eigenvalue weighted by Crippen LogP contribution is 2.27. The molecule has 0 radical (unpaired) electrons. The van der Waals surface area contributed by atoms with Crippen molar-refractivity contribution in [3.05, 3.63) is 24.3 Å². The molecule has 0 atom stereocenters. The van der Waals surface area contributed by atoms with Gasteiger partial charge in [-0.15, -0.1) is 20.4 Å². The molecule has 7 nitrogen and oxygen atoms in total. The van der Waals surface area contributed by atoms with Gasteiger partial charge in [0.25, 0.3) is 5.89 Å². The van der Waals surface area contributed by atoms with Crippen LogP contribution >= 0.6 is 23.1 Å². The van der Waals surface area contributed by atoms with Crippen molar-refractivity contribution < 1.29 is 8.83 Å². The number of aromatic nitrogens is 4. The minimum Gasteiger partial charge on any atom is -0.459 e. The van der Waals surface area contributed by atoms with Crippen molar-refractivity contribution in [1.29, 1.82) is 0 Å². The molecule has 3 rings (SSSR count). The third-order valence-corrected chi connectivity index (χ3v) is 3.81. The molecule has 3 heterocycles. The van der Waals surface area contributed by atoms with Gasteiger partial charge in [0.15, 0.2) is 10.1 Å². The Hall–Kier alpha value is -1.87. The fraction of sp³-hybridized carbons (Fsp3) is 0.111. The zero-order chi connectivity index (χ0) is 12.4. The average Bonchev–Trinajstić information content (AvgIpc) is 3.07. The van der Waals surface area contributed by atoms with Gasteiger partial charge in [0.2, 0.25) is 11.0 Å². The smallest absolute Gasteiger partial charge is 0.283 e. The Labute approximate surface area is 109 Å². The van der Waals surface area contributed by atoms with Gasteiger partial charge < -0.3 is 14.6 Å². The maximum atomic E-state index is 5.48. The van der Waals surface area contributed by atoms with E-state index in [-0.39, 0.29) is 0 Å². The van der Waals surface area contributed by atoms with E-state index in [0.29, 0.717) is 28.4 Å². The Morgan fingerprint density at radius 1 is 1.28 bits per heavy atom. The van der Waals surface area contributed by atoms with Crippen LogP contribution in [0.15, 0.2) is 31.6 Å². The molecule has 0 saturated carbocycles. The van der Waals surface area contributed by atoms with Crippen molar-refractivity contribution in [1.82, 2.24) is 20.4 Å². The Morgan fingerprint density at radius 3 is 2.94 bits per heavy atom. The maximum Gasteiger partial charge on any atom is 0.283 e. The lowest BCUT2D eigenvalue weighted by Gasteiger charge is -1.90. The first kappa shape index (κ1) is 11.2. The fourth-order valence-electron chi connectivity index (χ4n) is 1.21. The first-order valence-corrected chi connectivity index (χ1v) is 6.69. The van der Waals surface area contributed by atoms with Crippen LogP contribution in [-0.2, 0) is 5.75 Å². The molecule has 9 heteroatoms. The van der Waals surface area contributed by atoms with E-state index in [4.69, 9.17) is 14.6 Å². The molecule has 18 heavy (non-hydrogen) atoms. The Morgan fingerprint density at radius 2 is 2.22 bits per heavy atom. The summed E-state index contributed by atoms with van der Waals surface area (Å²) in [6, 6.07) is 3.52. The van der Waals surface area contributed by atoms with Gasteiger partial charge in [-0.3, -0.25) is 0 Å². The summed E-state index contributed by atoms with van der Waals surface area (Å²) >= 11 is 2.76. The quantitative estimate of drug-likeness (QED) is 0.724. The molecule has 0 aliphatic rings. The van der Waals surface area contributed by atoms with Crippen LogP contribution < -0.4 is 5.73 Å². The standard InChI is InChI=1S/C9H7N5O2S2/c10-8-13-14-9(18-8)17-4-6-11-12-7(16-6)5-2-1-3-15-5/h1-3H,4H2,(H2,10,13). The minimum atomic E-state index is 0.368. The first-order chi connectivity index (χ1) is 8.81. The van der Waals surface area contributed by atoms with E-state index in [9.17, 15) is 0 Å². The van der Waals surface area contributed by atoms with Crippen LogP contribution in [0.5, 0.6) is 0 Å². The maximum absolute atomic E-state index is 5.48. The number of nitrogen functional groups attached to an aromatic ring is 1. The topological polar surface area (TPSA) is 104 Å². The molecule has 3 aromatic rings. The van der Waals surface area contributed by atoms with Gasteiger partial charge in [-0.25, -0.2) is 0 Å². The molecular weight excluding hydrogens is 274 g/mol. The molecule has 92 valence electrons. The molecule has 2 N–H and O–H groups in total. The summed E-state index contributed by atoms with van der Waals surface area (Å²) in [5.41, 5.74) is 5.48. The van der Waals surface area contributed by atoms with E-state index in [1.54, 1.807) is 18.4 Å². The van der Waals surface area contributed by atoms with E-state index in [1.807, 2.05) is 0 Å². The van der Waals surface area contributed by atoms with Crippen LogP contribution in [0.1, 0.15) is 5.89 Å². The number of thioether (sulfide) groups is 1. The molecule has 0 fully saturated rings. The Balaban J connectivity index is 1.67. The van der Waals surface area contributed by atoms with E-state index in [2.05, 4.69) is 20.4 Å². The van der Waals surface area contributed by atoms with Crippen molar-refractivity contribution in [3.8, 4) is 11.7 Å². The average molecular weight is 281 g/mol. The molecule has 0 unspecified atom stereocenters. The monoisotopic (exact) mass is 281 g/mol. The molecule has 0 saturated heterocycles. The highest BCUT2D eigenvalue weighted by atomic mass is 32.2. The summed E-state index contributed by atoms with van der Waals surface area (Å²) in [6.45, 7) is 0. The van der Waals surface area contributed by atoms with Crippen LogP contribution in [0.4, 0.5) is 5.13 Å². The molecule has 0 spiro atoms. The normalized spacial score (nSPS) is 10.9. The van der Waals surface area contributed by atoms with Gasteiger partial charge in [0, 0.05) is 0 Å². The van der Waals surface area contributed by atoms with E-state index in [1.165, 1.54) is 23.1 Å². The number of nitrogens with two attached hydrogens (primary N) is 1. The number of rotatable bonds is 4. The van der Waals surface area contributed by atoms with Crippen LogP contribution in [0.3, 0.4) is 0 Å². The van der Waals surface area contributed by atoms with E-state index < -0.39 is 0 Å². The predicted molar refractivity (Wildman–Crippen MR) is 65.9 cm³/mol. The SMILES string of the molecule is Nc1nnc(SCc2nnc(-c3ccco3)o2)s1. The van der Waals surface area contributed by atoms with Crippen molar-refractivity contribution in [2.75, 3.05) is 5.73 Å². The van der Waals surface area contributed by atoms with Gasteiger partial charge in [0.1, 0.15) is 0 Å². The third-order valence-electron chi connectivity index (χ3n) is 1.94. The van der Waals surface area contributed by atoms with Crippen LogP contribution in [-0.4, -0.2) is 20.4 Å². The van der Waals surface area contributed by atoms with E-state index >= 15 is 0 Å². The second kappa shape index (κ2) is 4.78. The van der Waals surface area contributed by atoms with Crippen LogP contribution in [0.2, 0.25) is 0 Å². The summed E-state index contributed by atoms with van der Waals surface area (Å²) in [6.07, 6.45) is 1.55. The number of hydrogen-bond acceptors (Lipinski definition) is 9. The zero-order valence-corrected chi connectivity index (χ0v) is 10.6. The molecule has 0 amide bonds. The highest BCUT2D eigenvalue weighted by Gasteiger charge is 2.11. The number of hydrogen-bond donors (Lipinski definition) is 1. The third kappa shape index (κ3) is 2.36. The fourth-order valence-corrected chi connectivity index (χ4v) is 2.69. The van der Waals surface area contributed by atoms with Crippen molar-refractivity contribution in [2.45, 2.75) is 10.1 Å². The summed E-state index contributed by atoms with van der Waals surface area (Å²) in [5, 5.41) is 15.9. The zero-order valence-electron chi connectivity index (χ0n) is 8.94. The predicted octanol–water partition coefficient (Wildman–Crippen LogP) is 2.06. The lowest BCUT2D eigenvalue weighted by atomic mass is 10.5. The minimum absolute atomic E-state index is 0.368. The lowest BCUT2D eigenvalue weighted by Crippen LogP contribution is -1.80. The van der Waals surface area contributed by atoms with Crippen molar-refractivity contribution in [2.24, 2.45) is 0 Å². The second-order valence-electron chi connectivity index (χ2n) is 3.17. The molecule has 3 aromatic heterocycles. The summed E-state index contributed by atoms with van der Waals surface area (Å²) in [7, 11) is 0. The summed E-state index contributed by atoms with van der Waals surface area (Å²) < 4.78 is 11.4. The molecule has 0 bridgehead atoms. The van der Waals surface area contributed by atoms with Crippen molar-refractivity contribution in [3.63, 3.8) is 0 Å². The van der Waals surface area contributed by atoms with E-state index in [0.717, 1.165) is 4.34 Å². The summed E-state index contributed by atoms with van der Waals surface area (Å²) in [5.74, 6) is 1.94. The molecule has 0 aromatic carbocycles. The lowest BCUT2D eigenvalue weighted by molar-refractivity contribution is 0.494. The van der Waals surface area contributed by atoms with Gasteiger partial charge in [0.05, 0.1) is 12.0 Å². The van der Waals surface area contributed by atoms with Crippen LogP contribution in [0, 0.1) is 0 Å². The Kier molecular flexibility index (Phi) is 2.99. The number of nitrogens with zero attached hydrogens (tertiary/aromatic N) is 4. The van der Waals surface area contributed by atoms with Gasteiger partial charge >= 0.3 is 0 Å². The van der Waals surface area contributed by atoms with Crippen LogP contribution in [0.25, 0.3) is 11.7 Å². The van der Waals surface area contributed by atoms with Gasteiger partial charge in [-0.05, 0) is 12.1 Å². The molecular formula is C9H7N5O2S2. The molecule has 0 aliphatic carbocycles. The van der Waals surface area contributed by atoms with Gasteiger partial charge in [-0.1, -0.05) is 23.1 Å². The Bertz CT molecular complexity index is 633. The van der Waals surface area contributed by atoms with Gasteiger partial charge in [-0.2, -0.15) is 0 Å². The first-order valence-electron chi connectivity index (χ1n) is 4.89. The number of furan rings is 1. The van der Waals surface area contributed by atoms with Crippen molar-refractivity contribution >= 4 is 28.2 Å². The largest absolute Gasteiger partial charge is 0.459 e. The molecule has 0 aliphatic heterocycles. The number of anilines is 1.